The first-order valence-electron chi connectivity index (χ1n) is 7.07. The van der Waals surface area contributed by atoms with Crippen LogP contribution in [0.3, 0.4) is 0 Å². The molecule has 0 amide bonds. The first-order valence-corrected chi connectivity index (χ1v) is 7.07. The highest BCUT2D eigenvalue weighted by Gasteiger charge is 2.30. The summed E-state index contributed by atoms with van der Waals surface area (Å²) >= 11 is 0. The van der Waals surface area contributed by atoms with E-state index >= 15 is 0 Å². The Morgan fingerprint density at radius 1 is 1.39 bits per heavy atom. The van der Waals surface area contributed by atoms with E-state index in [2.05, 4.69) is 49.9 Å². The van der Waals surface area contributed by atoms with Crippen LogP contribution in [0.4, 0.5) is 0 Å². The number of hydrogen-bond acceptors (Lipinski definition) is 2. The largest absolute Gasteiger partial charge is 0.313 e. The fourth-order valence-corrected chi connectivity index (χ4v) is 2.96. The molecule has 1 aromatic carbocycles. The fraction of sp³-hybridized carbons (Fsp3) is 0.625. The Hall–Kier alpha value is -0.860. The smallest absolute Gasteiger partial charge is 0.0699 e. The average Bonchev–Trinajstić information content (AvgIpc) is 2.32. The normalized spacial score (nSPS) is 24.8. The molecule has 1 aromatic rings. The van der Waals surface area contributed by atoms with Gasteiger partial charge in [0.2, 0.25) is 0 Å². The highest BCUT2D eigenvalue weighted by Crippen LogP contribution is 2.24. The summed E-state index contributed by atoms with van der Waals surface area (Å²) < 4.78 is 0. The Morgan fingerprint density at radius 3 is 2.78 bits per heavy atom. The van der Waals surface area contributed by atoms with E-state index in [1.807, 2.05) is 0 Å². The highest BCUT2D eigenvalue weighted by atomic mass is 15.3. The summed E-state index contributed by atoms with van der Waals surface area (Å²) in [5.74, 6) is 0.776. The minimum absolute atomic E-state index is 0.221. The molecule has 2 atom stereocenters. The predicted octanol–water partition coefficient (Wildman–Crippen LogP) is 2.94. The Bertz CT molecular complexity index is 398. The third-order valence-electron chi connectivity index (χ3n) is 4.19. The molecule has 2 N–H and O–H groups in total. The lowest BCUT2D eigenvalue weighted by molar-refractivity contribution is 0.0626. The number of piperidine rings is 1. The van der Waals surface area contributed by atoms with Crippen LogP contribution in [0.1, 0.15) is 37.8 Å². The van der Waals surface area contributed by atoms with Crippen molar-refractivity contribution in [2.24, 2.45) is 11.7 Å². The molecule has 1 aliphatic rings. The maximum absolute atomic E-state index is 6.58. The summed E-state index contributed by atoms with van der Waals surface area (Å²) in [6.45, 7) is 8.96. The van der Waals surface area contributed by atoms with Crippen LogP contribution in [0.15, 0.2) is 24.3 Å². The Kier molecular flexibility index (Phi) is 4.08. The van der Waals surface area contributed by atoms with Crippen molar-refractivity contribution in [3.05, 3.63) is 35.4 Å². The van der Waals surface area contributed by atoms with Crippen LogP contribution in [0.2, 0.25) is 0 Å². The van der Waals surface area contributed by atoms with Crippen molar-refractivity contribution in [1.29, 1.82) is 0 Å². The van der Waals surface area contributed by atoms with E-state index in [4.69, 9.17) is 5.73 Å². The number of nitrogens with two attached hydrogens (primary N) is 1. The van der Waals surface area contributed by atoms with Crippen molar-refractivity contribution in [1.82, 2.24) is 4.90 Å². The Balaban J connectivity index is 2.09. The van der Waals surface area contributed by atoms with Gasteiger partial charge in [0, 0.05) is 13.0 Å². The number of rotatable bonds is 3. The third-order valence-corrected chi connectivity index (χ3v) is 4.19. The SMILES string of the molecule is Cc1ccccc1CC(C)(N)N1CCCC(C)C1. The average molecular weight is 246 g/mol. The number of benzene rings is 1. The van der Waals surface area contributed by atoms with E-state index in [-0.39, 0.29) is 5.66 Å². The minimum atomic E-state index is -0.221. The van der Waals surface area contributed by atoms with Crippen molar-refractivity contribution >= 4 is 0 Å². The molecule has 2 rings (SSSR count). The molecule has 0 spiro atoms. The van der Waals surface area contributed by atoms with E-state index in [1.165, 1.54) is 24.0 Å². The molecule has 1 aliphatic heterocycles. The molecule has 1 fully saturated rings. The third kappa shape index (κ3) is 3.12. The standard InChI is InChI=1S/C16H26N2/c1-13-7-6-10-18(12-13)16(3,17)11-15-9-5-4-8-14(15)2/h4-5,8-9,13H,6-7,10-12,17H2,1-3H3. The summed E-state index contributed by atoms with van der Waals surface area (Å²) in [4.78, 5) is 2.47. The van der Waals surface area contributed by atoms with Gasteiger partial charge in [-0.3, -0.25) is 4.90 Å². The van der Waals surface area contributed by atoms with Gasteiger partial charge in [0.25, 0.3) is 0 Å². The van der Waals surface area contributed by atoms with E-state index < -0.39 is 0 Å². The van der Waals surface area contributed by atoms with Crippen molar-refractivity contribution in [2.45, 2.75) is 45.7 Å². The van der Waals surface area contributed by atoms with Crippen molar-refractivity contribution in [3.8, 4) is 0 Å². The van der Waals surface area contributed by atoms with Crippen LogP contribution >= 0.6 is 0 Å². The summed E-state index contributed by atoms with van der Waals surface area (Å²) in [7, 11) is 0. The van der Waals surface area contributed by atoms with Gasteiger partial charge in [-0.1, -0.05) is 31.2 Å². The molecule has 2 unspecified atom stereocenters. The maximum Gasteiger partial charge on any atom is 0.0699 e. The fourth-order valence-electron chi connectivity index (χ4n) is 2.96. The van der Waals surface area contributed by atoms with Crippen molar-refractivity contribution < 1.29 is 0 Å². The first-order chi connectivity index (χ1) is 8.49. The van der Waals surface area contributed by atoms with Crippen LogP contribution in [-0.4, -0.2) is 23.7 Å². The lowest BCUT2D eigenvalue weighted by atomic mass is 9.92. The molecule has 100 valence electrons. The van der Waals surface area contributed by atoms with Crippen LogP contribution in [0, 0.1) is 12.8 Å². The molecule has 0 aliphatic carbocycles. The van der Waals surface area contributed by atoms with Gasteiger partial charge in [-0.25, -0.2) is 0 Å². The van der Waals surface area contributed by atoms with Crippen molar-refractivity contribution in [3.63, 3.8) is 0 Å². The topological polar surface area (TPSA) is 29.3 Å². The second-order valence-corrected chi connectivity index (χ2v) is 6.15. The first kappa shape index (κ1) is 13.6. The van der Waals surface area contributed by atoms with Gasteiger partial charge in [-0.05, 0) is 50.3 Å². The Labute approximate surface area is 111 Å². The molecule has 2 heteroatoms. The van der Waals surface area contributed by atoms with Gasteiger partial charge in [0.1, 0.15) is 0 Å². The van der Waals surface area contributed by atoms with E-state index in [1.54, 1.807) is 0 Å². The summed E-state index contributed by atoms with van der Waals surface area (Å²) in [5.41, 5.74) is 9.08. The monoisotopic (exact) mass is 246 g/mol. The number of hydrogen-bond donors (Lipinski definition) is 1. The molecular weight excluding hydrogens is 220 g/mol. The molecule has 0 saturated carbocycles. The Morgan fingerprint density at radius 2 is 2.11 bits per heavy atom. The summed E-state index contributed by atoms with van der Waals surface area (Å²) in [6.07, 6.45) is 3.56. The van der Waals surface area contributed by atoms with E-state index in [0.29, 0.717) is 0 Å². The maximum atomic E-state index is 6.58. The van der Waals surface area contributed by atoms with E-state index in [0.717, 1.165) is 25.4 Å². The minimum Gasteiger partial charge on any atom is -0.313 e. The van der Waals surface area contributed by atoms with Gasteiger partial charge in [-0.2, -0.15) is 0 Å². The zero-order chi connectivity index (χ0) is 13.2. The lowest BCUT2D eigenvalue weighted by Gasteiger charge is -2.43. The van der Waals surface area contributed by atoms with Crippen LogP contribution in [0.25, 0.3) is 0 Å². The molecule has 18 heavy (non-hydrogen) atoms. The van der Waals surface area contributed by atoms with Gasteiger partial charge in [0.15, 0.2) is 0 Å². The molecule has 0 radical (unpaired) electrons. The molecule has 1 heterocycles. The molecular formula is C16H26N2. The van der Waals surface area contributed by atoms with Crippen LogP contribution in [-0.2, 0) is 6.42 Å². The van der Waals surface area contributed by atoms with Crippen molar-refractivity contribution in [2.75, 3.05) is 13.1 Å². The van der Waals surface area contributed by atoms with Crippen LogP contribution < -0.4 is 5.73 Å². The van der Waals surface area contributed by atoms with Crippen LogP contribution in [0.5, 0.6) is 0 Å². The predicted molar refractivity (Wildman–Crippen MR) is 77.4 cm³/mol. The molecule has 0 aromatic heterocycles. The second kappa shape index (κ2) is 5.41. The van der Waals surface area contributed by atoms with Gasteiger partial charge < -0.3 is 5.73 Å². The number of aryl methyl sites for hydroxylation is 1. The number of nitrogens with zero attached hydrogens (tertiary/aromatic N) is 1. The zero-order valence-electron chi connectivity index (χ0n) is 11.9. The van der Waals surface area contributed by atoms with Gasteiger partial charge >= 0.3 is 0 Å². The van der Waals surface area contributed by atoms with Gasteiger partial charge in [-0.15, -0.1) is 0 Å². The zero-order valence-corrected chi connectivity index (χ0v) is 11.9. The number of likely N-dealkylation sites (tertiary alicyclic amines) is 1. The lowest BCUT2D eigenvalue weighted by Crippen LogP contribution is -2.58. The van der Waals surface area contributed by atoms with Gasteiger partial charge in [0.05, 0.1) is 5.66 Å². The quantitative estimate of drug-likeness (QED) is 0.888. The molecule has 1 saturated heterocycles. The highest BCUT2D eigenvalue weighted by molar-refractivity contribution is 5.27. The molecule has 2 nitrogen and oxygen atoms in total. The summed E-state index contributed by atoms with van der Waals surface area (Å²) in [5, 5.41) is 0. The molecule has 0 bridgehead atoms. The second-order valence-electron chi connectivity index (χ2n) is 6.15. The summed E-state index contributed by atoms with van der Waals surface area (Å²) in [6, 6.07) is 8.57. The van der Waals surface area contributed by atoms with E-state index in [9.17, 15) is 0 Å².